The number of pyridine rings is 1. The van der Waals surface area contributed by atoms with Crippen molar-refractivity contribution in [2.45, 2.75) is 26.4 Å². The minimum Gasteiger partial charge on any atom is -0.337 e. The van der Waals surface area contributed by atoms with Crippen LogP contribution in [0.2, 0.25) is 0 Å². The van der Waals surface area contributed by atoms with Crippen molar-refractivity contribution in [1.82, 2.24) is 24.6 Å². The Labute approximate surface area is 196 Å². The normalized spacial score (nSPS) is 15.2. The number of thiophene rings is 1. The van der Waals surface area contributed by atoms with Crippen molar-refractivity contribution >= 4 is 28.3 Å². The summed E-state index contributed by atoms with van der Waals surface area (Å²) >= 11 is 1.61. The quantitative estimate of drug-likeness (QED) is 0.432. The molecule has 0 unspecified atom stereocenters. The number of amides is 1. The molecular weight excluding hydrogens is 437 g/mol. The molecule has 1 amide bonds. The van der Waals surface area contributed by atoms with Gasteiger partial charge in [-0.2, -0.15) is 5.10 Å². The zero-order chi connectivity index (χ0) is 22.8. The van der Waals surface area contributed by atoms with Gasteiger partial charge in [0.15, 0.2) is 5.65 Å². The van der Waals surface area contributed by atoms with E-state index in [1.54, 1.807) is 17.5 Å². The van der Waals surface area contributed by atoms with Crippen LogP contribution in [0, 0.1) is 5.82 Å². The number of benzene rings is 1. The van der Waals surface area contributed by atoms with Crippen LogP contribution in [-0.2, 0) is 13.1 Å². The van der Waals surface area contributed by atoms with Gasteiger partial charge in [-0.25, -0.2) is 14.1 Å². The van der Waals surface area contributed by atoms with Gasteiger partial charge in [0.2, 0.25) is 0 Å². The van der Waals surface area contributed by atoms with E-state index in [9.17, 15) is 9.18 Å². The van der Waals surface area contributed by atoms with Crippen molar-refractivity contribution in [3.05, 3.63) is 71.0 Å². The van der Waals surface area contributed by atoms with Gasteiger partial charge in [-0.1, -0.05) is 18.2 Å². The standard InChI is InChI=1S/C25H26FN5OS/c1-2-31-24-21(16-27-31)20(15-22(28-24)23-5-3-14-33-23)25(32)30-11-4-10-29(12-13-30)17-18-6-8-19(26)9-7-18/h3,5-9,14-16H,2,4,10-13,17H2,1H3. The first kappa shape index (κ1) is 21.7. The van der Waals surface area contributed by atoms with Gasteiger partial charge in [0.05, 0.1) is 27.7 Å². The van der Waals surface area contributed by atoms with Crippen molar-refractivity contribution in [1.29, 1.82) is 0 Å². The molecule has 4 heterocycles. The van der Waals surface area contributed by atoms with Crippen molar-refractivity contribution in [2.75, 3.05) is 26.2 Å². The fourth-order valence-corrected chi connectivity index (χ4v) is 5.04. The molecule has 33 heavy (non-hydrogen) atoms. The number of carbonyl (C=O) groups is 1. The Morgan fingerprint density at radius 2 is 1.97 bits per heavy atom. The average molecular weight is 464 g/mol. The summed E-state index contributed by atoms with van der Waals surface area (Å²) in [5, 5.41) is 7.28. The minimum atomic E-state index is -0.219. The van der Waals surface area contributed by atoms with E-state index in [0.717, 1.165) is 53.2 Å². The Balaban J connectivity index is 1.39. The summed E-state index contributed by atoms with van der Waals surface area (Å²) in [6.45, 7) is 6.52. The highest BCUT2D eigenvalue weighted by molar-refractivity contribution is 7.13. The van der Waals surface area contributed by atoms with Gasteiger partial charge in [0, 0.05) is 39.3 Å². The molecule has 1 saturated heterocycles. The first-order valence-electron chi connectivity index (χ1n) is 11.3. The summed E-state index contributed by atoms with van der Waals surface area (Å²) in [6, 6.07) is 12.6. The summed E-state index contributed by atoms with van der Waals surface area (Å²) in [7, 11) is 0. The van der Waals surface area contributed by atoms with Crippen LogP contribution in [0.1, 0.15) is 29.3 Å². The first-order valence-corrected chi connectivity index (χ1v) is 12.2. The maximum absolute atomic E-state index is 13.7. The van der Waals surface area contributed by atoms with E-state index in [1.165, 1.54) is 12.1 Å². The number of hydrogen-bond acceptors (Lipinski definition) is 5. The fraction of sp³-hybridized carbons (Fsp3) is 0.320. The Kier molecular flexibility index (Phi) is 6.20. The molecule has 0 radical (unpaired) electrons. The van der Waals surface area contributed by atoms with E-state index < -0.39 is 0 Å². The predicted molar refractivity (Wildman–Crippen MR) is 129 cm³/mol. The molecule has 0 aliphatic carbocycles. The second kappa shape index (κ2) is 9.41. The molecule has 0 atom stereocenters. The molecule has 0 bridgehead atoms. The molecule has 1 fully saturated rings. The second-order valence-corrected chi connectivity index (χ2v) is 9.23. The molecule has 3 aromatic heterocycles. The van der Waals surface area contributed by atoms with Crippen LogP contribution in [-0.4, -0.2) is 56.7 Å². The van der Waals surface area contributed by atoms with Crippen molar-refractivity contribution in [3.8, 4) is 10.6 Å². The van der Waals surface area contributed by atoms with Gasteiger partial charge in [-0.15, -0.1) is 11.3 Å². The van der Waals surface area contributed by atoms with E-state index in [4.69, 9.17) is 4.98 Å². The fourth-order valence-electron chi connectivity index (χ4n) is 4.36. The zero-order valence-electron chi connectivity index (χ0n) is 18.6. The second-order valence-electron chi connectivity index (χ2n) is 8.28. The van der Waals surface area contributed by atoms with E-state index in [1.807, 2.05) is 52.2 Å². The smallest absolute Gasteiger partial charge is 0.254 e. The highest BCUT2D eigenvalue weighted by Crippen LogP contribution is 2.29. The van der Waals surface area contributed by atoms with Crippen molar-refractivity contribution < 1.29 is 9.18 Å². The van der Waals surface area contributed by atoms with Gasteiger partial charge in [-0.3, -0.25) is 9.69 Å². The lowest BCUT2D eigenvalue weighted by molar-refractivity contribution is 0.0763. The third kappa shape index (κ3) is 4.54. The minimum absolute atomic E-state index is 0.0273. The molecule has 8 heteroatoms. The van der Waals surface area contributed by atoms with E-state index in [-0.39, 0.29) is 11.7 Å². The summed E-state index contributed by atoms with van der Waals surface area (Å²) in [6.07, 6.45) is 2.66. The summed E-state index contributed by atoms with van der Waals surface area (Å²) in [5.74, 6) is -0.192. The van der Waals surface area contributed by atoms with Crippen LogP contribution in [0.15, 0.2) is 54.0 Å². The van der Waals surface area contributed by atoms with Crippen LogP contribution in [0.25, 0.3) is 21.6 Å². The Morgan fingerprint density at radius 3 is 2.73 bits per heavy atom. The molecule has 1 aliphatic heterocycles. The molecular formula is C25H26FN5OS. The number of aryl methyl sites for hydroxylation is 1. The number of fused-ring (bicyclic) bond motifs is 1. The molecule has 0 saturated carbocycles. The van der Waals surface area contributed by atoms with E-state index >= 15 is 0 Å². The molecule has 1 aliphatic rings. The van der Waals surface area contributed by atoms with Gasteiger partial charge in [-0.05, 0) is 48.6 Å². The zero-order valence-corrected chi connectivity index (χ0v) is 19.4. The van der Waals surface area contributed by atoms with Gasteiger partial charge < -0.3 is 4.90 Å². The molecule has 170 valence electrons. The van der Waals surface area contributed by atoms with Crippen LogP contribution in [0.3, 0.4) is 0 Å². The third-order valence-electron chi connectivity index (χ3n) is 6.11. The Morgan fingerprint density at radius 1 is 1.12 bits per heavy atom. The Bertz CT molecular complexity index is 1250. The van der Waals surface area contributed by atoms with Crippen molar-refractivity contribution in [2.24, 2.45) is 0 Å². The number of halogens is 1. The topological polar surface area (TPSA) is 54.3 Å². The number of aromatic nitrogens is 3. The van der Waals surface area contributed by atoms with Crippen LogP contribution in [0.4, 0.5) is 4.39 Å². The molecule has 4 aromatic rings. The lowest BCUT2D eigenvalue weighted by Gasteiger charge is -2.22. The maximum atomic E-state index is 13.7. The molecule has 1 aromatic carbocycles. The average Bonchev–Trinajstić information content (AvgIpc) is 3.46. The summed E-state index contributed by atoms with van der Waals surface area (Å²) in [4.78, 5) is 23.8. The molecule has 0 spiro atoms. The maximum Gasteiger partial charge on any atom is 0.254 e. The molecule has 5 rings (SSSR count). The number of hydrogen-bond donors (Lipinski definition) is 0. The Hall–Kier alpha value is -3.10. The SMILES string of the molecule is CCn1ncc2c(C(=O)N3CCCN(Cc4ccc(F)cc4)CC3)cc(-c3cccs3)nc21. The number of nitrogens with zero attached hydrogens (tertiary/aromatic N) is 5. The van der Waals surface area contributed by atoms with Crippen LogP contribution in [0.5, 0.6) is 0 Å². The van der Waals surface area contributed by atoms with Gasteiger partial charge >= 0.3 is 0 Å². The highest BCUT2D eigenvalue weighted by atomic mass is 32.1. The lowest BCUT2D eigenvalue weighted by atomic mass is 10.1. The van der Waals surface area contributed by atoms with Crippen molar-refractivity contribution in [3.63, 3.8) is 0 Å². The van der Waals surface area contributed by atoms with Crippen LogP contribution >= 0.6 is 11.3 Å². The number of rotatable bonds is 5. The van der Waals surface area contributed by atoms with Crippen LogP contribution < -0.4 is 0 Å². The summed E-state index contributed by atoms with van der Waals surface area (Å²) in [5.41, 5.74) is 3.30. The number of carbonyl (C=O) groups excluding carboxylic acids is 1. The molecule has 0 N–H and O–H groups in total. The van der Waals surface area contributed by atoms with E-state index in [2.05, 4.69) is 10.00 Å². The molecule has 6 nitrogen and oxygen atoms in total. The predicted octanol–water partition coefficient (Wildman–Crippen LogP) is 4.67. The first-order chi connectivity index (χ1) is 16.1. The summed E-state index contributed by atoms with van der Waals surface area (Å²) < 4.78 is 15.1. The lowest BCUT2D eigenvalue weighted by Crippen LogP contribution is -2.35. The third-order valence-corrected chi connectivity index (χ3v) is 7.00. The van der Waals surface area contributed by atoms with E-state index in [0.29, 0.717) is 25.2 Å². The monoisotopic (exact) mass is 463 g/mol. The van der Waals surface area contributed by atoms with Gasteiger partial charge in [0.1, 0.15) is 5.82 Å². The largest absolute Gasteiger partial charge is 0.337 e. The van der Waals surface area contributed by atoms with Gasteiger partial charge in [0.25, 0.3) is 5.91 Å². The highest BCUT2D eigenvalue weighted by Gasteiger charge is 2.24.